The third-order valence-corrected chi connectivity index (χ3v) is 5.23. The SMILES string of the molecule is Cc1ccc(CNC(=O)C(=O)NCCCCCCNC(=O)C(=O)NCc2ccc(C)cc2)cc1. The first-order valence-corrected chi connectivity index (χ1v) is 11.6. The fraction of sp³-hybridized carbons (Fsp3) is 0.385. The van der Waals surface area contributed by atoms with Crippen LogP contribution in [0.15, 0.2) is 48.5 Å². The molecule has 2 aromatic carbocycles. The molecule has 0 aliphatic rings. The summed E-state index contributed by atoms with van der Waals surface area (Å²) in [6.07, 6.45) is 3.12. The van der Waals surface area contributed by atoms with E-state index in [2.05, 4.69) is 21.3 Å². The van der Waals surface area contributed by atoms with Gasteiger partial charge in [0.15, 0.2) is 0 Å². The van der Waals surface area contributed by atoms with E-state index in [4.69, 9.17) is 0 Å². The van der Waals surface area contributed by atoms with E-state index in [1.165, 1.54) is 0 Å². The first-order valence-electron chi connectivity index (χ1n) is 11.6. The molecule has 0 aliphatic carbocycles. The van der Waals surface area contributed by atoms with Crippen molar-refractivity contribution >= 4 is 23.6 Å². The van der Waals surface area contributed by atoms with Crippen molar-refractivity contribution in [2.45, 2.75) is 52.6 Å². The van der Waals surface area contributed by atoms with Crippen LogP contribution in [0.4, 0.5) is 0 Å². The van der Waals surface area contributed by atoms with Gasteiger partial charge in [0.05, 0.1) is 0 Å². The third kappa shape index (κ3) is 10.3. The number of hydrogen-bond donors (Lipinski definition) is 4. The van der Waals surface area contributed by atoms with E-state index in [0.29, 0.717) is 26.2 Å². The minimum atomic E-state index is -0.649. The summed E-state index contributed by atoms with van der Waals surface area (Å²) in [5, 5.41) is 10.4. The second-order valence-electron chi connectivity index (χ2n) is 8.26. The summed E-state index contributed by atoms with van der Waals surface area (Å²) in [7, 11) is 0. The molecule has 4 amide bonds. The molecule has 4 N–H and O–H groups in total. The summed E-state index contributed by atoms with van der Waals surface area (Å²) in [5.41, 5.74) is 4.13. The number of unbranched alkanes of at least 4 members (excludes halogenated alkanes) is 3. The Kier molecular flexibility index (Phi) is 11.3. The maximum Gasteiger partial charge on any atom is 0.309 e. The zero-order valence-corrected chi connectivity index (χ0v) is 19.9. The van der Waals surface area contributed by atoms with Crippen LogP contribution in [-0.4, -0.2) is 36.7 Å². The summed E-state index contributed by atoms with van der Waals surface area (Å²) in [6, 6.07) is 15.5. The van der Waals surface area contributed by atoms with Crippen molar-refractivity contribution in [3.05, 3.63) is 70.8 Å². The Balaban J connectivity index is 1.46. The Labute approximate surface area is 200 Å². The van der Waals surface area contributed by atoms with E-state index in [9.17, 15) is 19.2 Å². The molecule has 8 heteroatoms. The van der Waals surface area contributed by atoms with Crippen LogP contribution in [0.1, 0.15) is 47.9 Å². The molecule has 0 bridgehead atoms. The molecule has 0 heterocycles. The van der Waals surface area contributed by atoms with Crippen LogP contribution in [-0.2, 0) is 32.3 Å². The van der Waals surface area contributed by atoms with Crippen molar-refractivity contribution in [3.8, 4) is 0 Å². The average molecular weight is 467 g/mol. The zero-order valence-electron chi connectivity index (χ0n) is 19.9. The van der Waals surface area contributed by atoms with Crippen LogP contribution in [0.3, 0.4) is 0 Å². The predicted molar refractivity (Wildman–Crippen MR) is 131 cm³/mol. The summed E-state index contributed by atoms with van der Waals surface area (Å²) in [6.45, 7) is 5.40. The highest BCUT2D eigenvalue weighted by Crippen LogP contribution is 2.03. The lowest BCUT2D eigenvalue weighted by Gasteiger charge is -2.08. The molecule has 0 spiro atoms. The van der Waals surface area contributed by atoms with Gasteiger partial charge < -0.3 is 21.3 Å². The molecule has 2 aromatic rings. The van der Waals surface area contributed by atoms with Gasteiger partial charge in [0, 0.05) is 26.2 Å². The smallest absolute Gasteiger partial charge is 0.309 e. The Hall–Kier alpha value is -3.68. The maximum absolute atomic E-state index is 11.9. The van der Waals surface area contributed by atoms with Crippen LogP contribution in [0.25, 0.3) is 0 Å². The van der Waals surface area contributed by atoms with E-state index in [1.807, 2.05) is 62.4 Å². The molecule has 0 aromatic heterocycles. The highest BCUT2D eigenvalue weighted by molar-refractivity contribution is 6.35. The topological polar surface area (TPSA) is 116 Å². The minimum Gasteiger partial charge on any atom is -0.348 e. The lowest BCUT2D eigenvalue weighted by Crippen LogP contribution is -2.40. The molecule has 0 unspecified atom stereocenters. The van der Waals surface area contributed by atoms with Gasteiger partial charge in [-0.15, -0.1) is 0 Å². The predicted octanol–water partition coefficient (Wildman–Crippen LogP) is 2.03. The quantitative estimate of drug-likeness (QED) is 0.299. The molecular formula is C26H34N4O4. The minimum absolute atomic E-state index is 0.308. The molecule has 2 rings (SSSR count). The van der Waals surface area contributed by atoms with Crippen molar-refractivity contribution < 1.29 is 19.2 Å². The van der Waals surface area contributed by atoms with E-state index in [1.54, 1.807) is 0 Å². The molecule has 34 heavy (non-hydrogen) atoms. The van der Waals surface area contributed by atoms with Crippen molar-refractivity contribution in [2.75, 3.05) is 13.1 Å². The van der Waals surface area contributed by atoms with Crippen molar-refractivity contribution in [3.63, 3.8) is 0 Å². The van der Waals surface area contributed by atoms with Gasteiger partial charge in [-0.05, 0) is 37.8 Å². The Bertz CT molecular complexity index is 876. The molecular weight excluding hydrogens is 432 g/mol. The van der Waals surface area contributed by atoms with Crippen LogP contribution in [0.2, 0.25) is 0 Å². The second-order valence-corrected chi connectivity index (χ2v) is 8.26. The fourth-order valence-corrected chi connectivity index (χ4v) is 3.11. The number of amides is 4. The van der Waals surface area contributed by atoms with Crippen LogP contribution in [0, 0.1) is 13.8 Å². The number of carbonyl (C=O) groups excluding carboxylic acids is 4. The fourth-order valence-electron chi connectivity index (χ4n) is 3.11. The molecule has 0 saturated carbocycles. The van der Waals surface area contributed by atoms with E-state index in [0.717, 1.165) is 47.9 Å². The first-order chi connectivity index (χ1) is 16.3. The van der Waals surface area contributed by atoms with Crippen LogP contribution in [0.5, 0.6) is 0 Å². The molecule has 8 nitrogen and oxygen atoms in total. The number of rotatable bonds is 11. The number of carbonyl (C=O) groups is 4. The van der Waals surface area contributed by atoms with Gasteiger partial charge in [0.25, 0.3) is 0 Å². The number of benzene rings is 2. The lowest BCUT2D eigenvalue weighted by atomic mass is 10.1. The second kappa shape index (κ2) is 14.5. The Morgan fingerprint density at radius 2 is 0.824 bits per heavy atom. The molecule has 0 radical (unpaired) electrons. The lowest BCUT2D eigenvalue weighted by molar-refractivity contribution is -0.139. The maximum atomic E-state index is 11.9. The molecule has 182 valence electrons. The third-order valence-electron chi connectivity index (χ3n) is 5.23. The average Bonchev–Trinajstić information content (AvgIpc) is 2.84. The van der Waals surface area contributed by atoms with Gasteiger partial charge in [-0.1, -0.05) is 72.5 Å². The Morgan fingerprint density at radius 1 is 0.500 bits per heavy atom. The summed E-state index contributed by atoms with van der Waals surface area (Å²) >= 11 is 0. The highest BCUT2D eigenvalue weighted by atomic mass is 16.2. The number of aryl methyl sites for hydroxylation is 2. The largest absolute Gasteiger partial charge is 0.348 e. The van der Waals surface area contributed by atoms with Crippen LogP contribution < -0.4 is 21.3 Å². The van der Waals surface area contributed by atoms with Gasteiger partial charge in [0.1, 0.15) is 0 Å². The first kappa shape index (κ1) is 26.6. The normalized spacial score (nSPS) is 10.3. The molecule has 0 saturated heterocycles. The van der Waals surface area contributed by atoms with Gasteiger partial charge in [0.2, 0.25) is 0 Å². The Morgan fingerprint density at radius 3 is 1.18 bits per heavy atom. The van der Waals surface area contributed by atoms with Crippen molar-refractivity contribution in [1.29, 1.82) is 0 Å². The zero-order chi connectivity index (χ0) is 24.8. The number of nitrogens with one attached hydrogen (secondary N) is 4. The van der Waals surface area contributed by atoms with Gasteiger partial charge in [-0.3, -0.25) is 19.2 Å². The van der Waals surface area contributed by atoms with E-state index in [-0.39, 0.29) is 0 Å². The van der Waals surface area contributed by atoms with E-state index >= 15 is 0 Å². The van der Waals surface area contributed by atoms with Gasteiger partial charge in [-0.25, -0.2) is 0 Å². The standard InChI is InChI=1S/C26H34N4O4/c1-19-7-11-21(12-8-19)17-29-25(33)23(31)27-15-5-3-4-6-16-28-24(32)26(34)30-18-22-13-9-20(2)10-14-22/h7-14H,3-6,15-18H2,1-2H3,(H,27,31)(H,28,32)(H,29,33)(H,30,34). The molecule has 0 fully saturated rings. The summed E-state index contributed by atoms with van der Waals surface area (Å²) in [5.74, 6) is -2.58. The molecule has 0 atom stereocenters. The van der Waals surface area contributed by atoms with Crippen LogP contribution >= 0.6 is 0 Å². The molecule has 0 aliphatic heterocycles. The van der Waals surface area contributed by atoms with Crippen molar-refractivity contribution in [2.24, 2.45) is 0 Å². The summed E-state index contributed by atoms with van der Waals surface area (Å²) < 4.78 is 0. The highest BCUT2D eigenvalue weighted by Gasteiger charge is 2.13. The van der Waals surface area contributed by atoms with Crippen molar-refractivity contribution in [1.82, 2.24) is 21.3 Å². The monoisotopic (exact) mass is 466 g/mol. The van der Waals surface area contributed by atoms with Gasteiger partial charge >= 0.3 is 23.6 Å². The number of hydrogen-bond acceptors (Lipinski definition) is 4. The summed E-state index contributed by atoms with van der Waals surface area (Å²) in [4.78, 5) is 47.4. The van der Waals surface area contributed by atoms with E-state index < -0.39 is 23.6 Å². The van der Waals surface area contributed by atoms with Gasteiger partial charge in [-0.2, -0.15) is 0 Å².